The fourth-order valence-corrected chi connectivity index (χ4v) is 3.09. The molecule has 208 valence electrons. The van der Waals surface area contributed by atoms with Gasteiger partial charge in [0.2, 0.25) is 23.6 Å². The van der Waals surface area contributed by atoms with Crippen molar-refractivity contribution in [1.29, 1.82) is 0 Å². The molecule has 1 rings (SSSR count). The van der Waals surface area contributed by atoms with Gasteiger partial charge in [0.1, 0.15) is 23.9 Å². The largest absolute Gasteiger partial charge is 0.508 e. The molecule has 38 heavy (non-hydrogen) atoms. The molecule has 0 spiro atoms. The molecule has 16 nitrogen and oxygen atoms in total. The van der Waals surface area contributed by atoms with Crippen molar-refractivity contribution in [1.82, 2.24) is 16.0 Å². The lowest BCUT2D eigenvalue weighted by Gasteiger charge is -2.24. The number of hydrogen-bond acceptors (Lipinski definition) is 9. The van der Waals surface area contributed by atoms with Crippen LogP contribution in [0.25, 0.3) is 0 Å². The van der Waals surface area contributed by atoms with Gasteiger partial charge in [0, 0.05) is 12.8 Å². The van der Waals surface area contributed by atoms with E-state index in [2.05, 4.69) is 10.6 Å². The number of carboxylic acids is 3. The van der Waals surface area contributed by atoms with Gasteiger partial charge in [-0.2, -0.15) is 0 Å². The van der Waals surface area contributed by atoms with Crippen LogP contribution in [0.5, 0.6) is 5.75 Å². The maximum absolute atomic E-state index is 12.9. The Kier molecular flexibility index (Phi) is 12.1. The number of phenolic OH excluding ortho intramolecular Hbond substituents is 1. The zero-order valence-electron chi connectivity index (χ0n) is 20.0. The summed E-state index contributed by atoms with van der Waals surface area (Å²) in [5, 5.41) is 43.1. The average Bonchev–Trinajstić information content (AvgIpc) is 2.81. The molecule has 11 N–H and O–H groups in total. The van der Waals surface area contributed by atoms with Crippen LogP contribution in [0.2, 0.25) is 0 Å². The van der Waals surface area contributed by atoms with Gasteiger partial charge in [0.15, 0.2) is 0 Å². The van der Waals surface area contributed by atoms with Crippen LogP contribution in [0.15, 0.2) is 24.3 Å². The van der Waals surface area contributed by atoms with E-state index in [9.17, 15) is 48.9 Å². The molecule has 0 aliphatic heterocycles. The Labute approximate surface area is 215 Å². The molecule has 0 saturated heterocycles. The molecule has 0 bridgehead atoms. The Bertz CT molecular complexity index is 1060. The zero-order valence-corrected chi connectivity index (χ0v) is 20.0. The quantitative estimate of drug-likeness (QED) is 0.102. The Morgan fingerprint density at radius 3 is 1.71 bits per heavy atom. The highest BCUT2D eigenvalue weighted by molar-refractivity contribution is 5.96. The van der Waals surface area contributed by atoms with Crippen LogP contribution in [0.3, 0.4) is 0 Å². The zero-order chi connectivity index (χ0) is 29.0. The monoisotopic (exact) mass is 539 g/mol. The molecule has 0 saturated carbocycles. The van der Waals surface area contributed by atoms with Gasteiger partial charge in [-0.15, -0.1) is 0 Å². The Morgan fingerprint density at radius 2 is 1.21 bits per heavy atom. The van der Waals surface area contributed by atoms with Gasteiger partial charge in [-0.1, -0.05) is 12.1 Å². The predicted molar refractivity (Wildman–Crippen MR) is 126 cm³/mol. The summed E-state index contributed by atoms with van der Waals surface area (Å²) in [6.07, 6.45) is -2.62. The summed E-state index contributed by atoms with van der Waals surface area (Å²) in [7, 11) is 0. The third-order valence-electron chi connectivity index (χ3n) is 5.05. The standard InChI is InChI=1S/C22H29N5O11/c23-12(5-6-16(24)29)19(34)25-14(8-17(30)31)21(36)26-13(7-10-1-3-11(28)4-2-10)20(35)27-15(22(37)38)9-18(32)33/h1-4,12-15,28H,5-9,23H2,(H2,24,29)(H,25,34)(H,26,36)(H,27,35)(H,30,31)(H,32,33)(H,37,38). The van der Waals surface area contributed by atoms with E-state index < -0.39 is 78.5 Å². The Morgan fingerprint density at radius 1 is 0.737 bits per heavy atom. The van der Waals surface area contributed by atoms with Crippen molar-refractivity contribution in [2.24, 2.45) is 11.5 Å². The number of carbonyl (C=O) groups excluding carboxylic acids is 4. The summed E-state index contributed by atoms with van der Waals surface area (Å²) in [6, 6.07) is -1.12. The van der Waals surface area contributed by atoms with Gasteiger partial charge >= 0.3 is 17.9 Å². The summed E-state index contributed by atoms with van der Waals surface area (Å²) >= 11 is 0. The van der Waals surface area contributed by atoms with Crippen molar-refractivity contribution in [3.8, 4) is 5.75 Å². The number of primary amides is 1. The minimum atomic E-state index is -1.85. The van der Waals surface area contributed by atoms with Crippen LogP contribution in [0.4, 0.5) is 0 Å². The topological polar surface area (TPSA) is 289 Å². The number of phenols is 1. The number of carboxylic acid groups (broad SMARTS) is 3. The SMILES string of the molecule is NC(=O)CCC(N)C(=O)NC(CC(=O)O)C(=O)NC(Cc1ccc(O)cc1)C(=O)NC(CC(=O)O)C(=O)O. The molecule has 0 aliphatic rings. The van der Waals surface area contributed by atoms with Crippen molar-refractivity contribution in [2.45, 2.75) is 56.3 Å². The maximum Gasteiger partial charge on any atom is 0.326 e. The number of benzene rings is 1. The number of rotatable bonds is 16. The highest BCUT2D eigenvalue weighted by Crippen LogP contribution is 2.12. The van der Waals surface area contributed by atoms with Crippen molar-refractivity contribution in [3.05, 3.63) is 29.8 Å². The smallest absolute Gasteiger partial charge is 0.326 e. The molecule has 4 atom stereocenters. The van der Waals surface area contributed by atoms with Crippen molar-refractivity contribution in [2.75, 3.05) is 0 Å². The van der Waals surface area contributed by atoms with Crippen molar-refractivity contribution < 1.29 is 54.0 Å². The van der Waals surface area contributed by atoms with E-state index in [0.29, 0.717) is 5.56 Å². The summed E-state index contributed by atoms with van der Waals surface area (Å²) < 4.78 is 0. The first-order valence-corrected chi connectivity index (χ1v) is 11.1. The van der Waals surface area contributed by atoms with Crippen LogP contribution in [-0.2, 0) is 40.0 Å². The number of aliphatic carboxylic acids is 3. The molecular weight excluding hydrogens is 510 g/mol. The lowest BCUT2D eigenvalue weighted by molar-refractivity contribution is -0.147. The van der Waals surface area contributed by atoms with Crippen LogP contribution >= 0.6 is 0 Å². The van der Waals surface area contributed by atoms with Gasteiger partial charge in [0.05, 0.1) is 18.9 Å². The third-order valence-corrected chi connectivity index (χ3v) is 5.05. The molecule has 1 aromatic carbocycles. The fourth-order valence-electron chi connectivity index (χ4n) is 3.09. The average molecular weight is 539 g/mol. The van der Waals surface area contributed by atoms with Gasteiger partial charge in [-0.3, -0.25) is 28.8 Å². The van der Waals surface area contributed by atoms with Gasteiger partial charge in [-0.25, -0.2) is 4.79 Å². The normalized spacial score (nSPS) is 13.7. The van der Waals surface area contributed by atoms with Crippen LogP contribution in [-0.4, -0.2) is 86.1 Å². The van der Waals surface area contributed by atoms with E-state index >= 15 is 0 Å². The van der Waals surface area contributed by atoms with Crippen molar-refractivity contribution >= 4 is 41.5 Å². The molecule has 0 fully saturated rings. The molecule has 0 aromatic heterocycles. The van der Waals surface area contributed by atoms with E-state index in [4.69, 9.17) is 16.6 Å². The molecule has 1 aromatic rings. The van der Waals surface area contributed by atoms with E-state index in [0.717, 1.165) is 0 Å². The Hall–Kier alpha value is -4.73. The molecule has 0 heterocycles. The fraction of sp³-hybridized carbons (Fsp3) is 0.409. The lowest BCUT2D eigenvalue weighted by Crippen LogP contribution is -2.58. The second-order valence-electron chi connectivity index (χ2n) is 8.20. The van der Waals surface area contributed by atoms with Crippen molar-refractivity contribution in [3.63, 3.8) is 0 Å². The van der Waals surface area contributed by atoms with E-state index in [1.54, 1.807) is 0 Å². The summed E-state index contributed by atoms with van der Waals surface area (Å²) in [4.78, 5) is 82.7. The summed E-state index contributed by atoms with van der Waals surface area (Å²) in [5.74, 6) is -8.75. The second kappa shape index (κ2) is 14.7. The first-order valence-electron chi connectivity index (χ1n) is 11.1. The molecular formula is C22H29N5O11. The van der Waals surface area contributed by atoms with Gasteiger partial charge < -0.3 is 47.8 Å². The molecule has 4 unspecified atom stereocenters. The molecule has 4 amide bonds. The number of nitrogens with one attached hydrogen (secondary N) is 3. The summed E-state index contributed by atoms with van der Waals surface area (Å²) in [6.45, 7) is 0. The number of nitrogens with two attached hydrogens (primary N) is 2. The van der Waals surface area contributed by atoms with E-state index in [1.807, 2.05) is 5.32 Å². The number of amides is 4. The maximum atomic E-state index is 12.9. The minimum absolute atomic E-state index is 0.108. The highest BCUT2D eigenvalue weighted by atomic mass is 16.4. The number of aromatic hydroxyl groups is 1. The predicted octanol–water partition coefficient (Wildman–Crippen LogP) is -2.98. The molecule has 0 radical (unpaired) electrons. The van der Waals surface area contributed by atoms with E-state index in [1.165, 1.54) is 24.3 Å². The van der Waals surface area contributed by atoms with E-state index in [-0.39, 0.29) is 25.0 Å². The third kappa shape index (κ3) is 11.3. The van der Waals surface area contributed by atoms with Crippen LogP contribution in [0.1, 0.15) is 31.2 Å². The minimum Gasteiger partial charge on any atom is -0.508 e. The molecule has 16 heteroatoms. The first kappa shape index (κ1) is 31.3. The number of carbonyl (C=O) groups is 7. The van der Waals surface area contributed by atoms with Gasteiger partial charge in [-0.05, 0) is 24.1 Å². The highest BCUT2D eigenvalue weighted by Gasteiger charge is 2.32. The Balaban J connectivity index is 3.16. The van der Waals surface area contributed by atoms with Crippen LogP contribution < -0.4 is 27.4 Å². The lowest BCUT2D eigenvalue weighted by atomic mass is 10.0. The first-order chi connectivity index (χ1) is 17.7. The van der Waals surface area contributed by atoms with Crippen LogP contribution in [0, 0.1) is 0 Å². The number of hydrogen-bond donors (Lipinski definition) is 9. The molecule has 0 aliphatic carbocycles. The second-order valence-corrected chi connectivity index (χ2v) is 8.20. The van der Waals surface area contributed by atoms with Gasteiger partial charge in [0.25, 0.3) is 0 Å². The summed E-state index contributed by atoms with van der Waals surface area (Å²) in [5.41, 5.74) is 11.0.